The van der Waals surface area contributed by atoms with Gasteiger partial charge in [0.15, 0.2) is 5.79 Å². The fourth-order valence-electron chi connectivity index (χ4n) is 5.02. The van der Waals surface area contributed by atoms with Crippen LogP contribution in [-0.2, 0) is 4.74 Å². The summed E-state index contributed by atoms with van der Waals surface area (Å²) < 4.78 is 6.37. The molecule has 6 unspecified atom stereocenters. The van der Waals surface area contributed by atoms with E-state index in [9.17, 15) is 5.11 Å². The maximum absolute atomic E-state index is 11.1. The van der Waals surface area contributed by atoms with Crippen molar-refractivity contribution in [3.8, 4) is 0 Å². The molecule has 110 valence electrons. The van der Waals surface area contributed by atoms with Gasteiger partial charge in [-0.05, 0) is 31.1 Å². The molecule has 2 nitrogen and oxygen atoms in total. The van der Waals surface area contributed by atoms with Crippen LogP contribution in [0.25, 0.3) is 0 Å². The fraction of sp³-hybridized carbons (Fsp3) is 1.00. The van der Waals surface area contributed by atoms with E-state index in [4.69, 9.17) is 4.74 Å². The lowest BCUT2D eigenvalue weighted by atomic mass is 9.75. The second-order valence-electron chi connectivity index (χ2n) is 7.33. The van der Waals surface area contributed by atoms with Crippen molar-refractivity contribution in [1.29, 1.82) is 0 Å². The lowest BCUT2D eigenvalue weighted by Gasteiger charge is -2.51. The monoisotopic (exact) mass is 394 g/mol. The lowest BCUT2D eigenvalue weighted by Crippen LogP contribution is -2.58. The van der Waals surface area contributed by atoms with Crippen molar-refractivity contribution in [3.05, 3.63) is 0 Å². The molecule has 0 aromatic carbocycles. The van der Waals surface area contributed by atoms with Crippen molar-refractivity contribution < 1.29 is 9.84 Å². The van der Waals surface area contributed by atoms with Crippen LogP contribution in [0.3, 0.4) is 0 Å². The lowest BCUT2D eigenvalue weighted by molar-refractivity contribution is -0.287. The number of hydrogen-bond acceptors (Lipinski definition) is 2. The minimum Gasteiger partial charge on any atom is -0.365 e. The SMILES string of the molecule is CC(C)C1CC23OC1(O)CC(Br)(CBr)C2CCC3C. The summed E-state index contributed by atoms with van der Waals surface area (Å²) in [6.07, 6.45) is 4.14. The molecule has 3 aliphatic rings. The molecular weight excluding hydrogens is 372 g/mol. The third-order valence-electron chi connectivity index (χ3n) is 6.00. The van der Waals surface area contributed by atoms with Crippen LogP contribution in [0.15, 0.2) is 0 Å². The fourth-order valence-corrected chi connectivity index (χ4v) is 6.63. The van der Waals surface area contributed by atoms with E-state index in [-0.39, 0.29) is 15.8 Å². The highest BCUT2D eigenvalue weighted by atomic mass is 79.9. The largest absolute Gasteiger partial charge is 0.365 e. The van der Waals surface area contributed by atoms with E-state index in [0.717, 1.165) is 11.8 Å². The number of rotatable bonds is 2. The Labute approximate surface area is 132 Å². The number of fused-ring (bicyclic) bond motifs is 1. The maximum Gasteiger partial charge on any atom is 0.170 e. The summed E-state index contributed by atoms with van der Waals surface area (Å²) >= 11 is 7.64. The number of ether oxygens (including phenoxy) is 1. The molecule has 0 amide bonds. The zero-order valence-corrected chi connectivity index (χ0v) is 15.1. The van der Waals surface area contributed by atoms with Gasteiger partial charge in [-0.3, -0.25) is 0 Å². The molecule has 3 rings (SSSR count). The molecule has 3 fully saturated rings. The Bertz CT molecular complexity index is 384. The predicted molar refractivity (Wildman–Crippen MR) is 83.7 cm³/mol. The third kappa shape index (κ3) is 1.85. The Balaban J connectivity index is 2.07. The average Bonchev–Trinajstić information content (AvgIpc) is 2.77. The smallest absolute Gasteiger partial charge is 0.170 e. The zero-order valence-electron chi connectivity index (χ0n) is 12.0. The van der Waals surface area contributed by atoms with Crippen LogP contribution in [0.5, 0.6) is 0 Å². The second kappa shape index (κ2) is 4.44. The molecule has 0 aromatic rings. The Hall–Kier alpha value is 0.880. The third-order valence-corrected chi connectivity index (χ3v) is 8.86. The Morgan fingerprint density at radius 1 is 1.37 bits per heavy atom. The van der Waals surface area contributed by atoms with E-state index in [2.05, 4.69) is 52.6 Å². The molecule has 19 heavy (non-hydrogen) atoms. The second-order valence-corrected chi connectivity index (χ2v) is 9.47. The first kappa shape index (κ1) is 14.8. The highest BCUT2D eigenvalue weighted by Gasteiger charge is 2.71. The van der Waals surface area contributed by atoms with Crippen molar-refractivity contribution in [2.45, 2.75) is 62.2 Å². The van der Waals surface area contributed by atoms with Gasteiger partial charge in [0.1, 0.15) is 0 Å². The van der Waals surface area contributed by atoms with Gasteiger partial charge in [0.25, 0.3) is 0 Å². The first-order chi connectivity index (χ1) is 8.77. The first-order valence-electron chi connectivity index (χ1n) is 7.45. The molecule has 0 radical (unpaired) electrons. The normalized spacial score (nSPS) is 56.7. The summed E-state index contributed by atoms with van der Waals surface area (Å²) in [6, 6.07) is 0. The van der Waals surface area contributed by atoms with Gasteiger partial charge in [-0.2, -0.15) is 0 Å². The van der Waals surface area contributed by atoms with Gasteiger partial charge in [0, 0.05) is 27.9 Å². The van der Waals surface area contributed by atoms with Crippen LogP contribution in [-0.4, -0.2) is 26.1 Å². The van der Waals surface area contributed by atoms with Gasteiger partial charge in [-0.25, -0.2) is 0 Å². The molecule has 0 aromatic heterocycles. The molecule has 2 heterocycles. The van der Waals surface area contributed by atoms with Crippen LogP contribution < -0.4 is 0 Å². The van der Waals surface area contributed by atoms with Gasteiger partial charge in [-0.1, -0.05) is 52.6 Å². The summed E-state index contributed by atoms with van der Waals surface area (Å²) in [5.41, 5.74) is -0.112. The molecular formula is C15H24Br2O2. The van der Waals surface area contributed by atoms with Crippen LogP contribution >= 0.6 is 31.9 Å². The summed E-state index contributed by atoms with van der Waals surface area (Å²) in [4.78, 5) is 0. The number of halogens is 2. The minimum absolute atomic E-state index is 0.0194. The van der Waals surface area contributed by atoms with Crippen LogP contribution in [0.1, 0.15) is 46.5 Å². The quantitative estimate of drug-likeness (QED) is 0.713. The Morgan fingerprint density at radius 3 is 2.63 bits per heavy atom. The van der Waals surface area contributed by atoms with Crippen molar-refractivity contribution in [1.82, 2.24) is 0 Å². The average molecular weight is 396 g/mol. The van der Waals surface area contributed by atoms with Gasteiger partial charge in [0.2, 0.25) is 0 Å². The van der Waals surface area contributed by atoms with E-state index in [1.165, 1.54) is 12.8 Å². The highest BCUT2D eigenvalue weighted by molar-refractivity contribution is 9.12. The van der Waals surface area contributed by atoms with Crippen molar-refractivity contribution in [2.24, 2.45) is 23.7 Å². The number of hydrogen-bond donors (Lipinski definition) is 1. The maximum atomic E-state index is 11.1. The first-order valence-corrected chi connectivity index (χ1v) is 9.36. The predicted octanol–water partition coefficient (Wildman–Crippen LogP) is 4.08. The topological polar surface area (TPSA) is 29.5 Å². The van der Waals surface area contributed by atoms with Gasteiger partial charge in [-0.15, -0.1) is 0 Å². The van der Waals surface area contributed by atoms with Crippen molar-refractivity contribution in [2.75, 3.05) is 5.33 Å². The van der Waals surface area contributed by atoms with Gasteiger partial charge < -0.3 is 9.84 Å². The van der Waals surface area contributed by atoms with E-state index < -0.39 is 5.79 Å². The minimum atomic E-state index is -0.944. The summed E-state index contributed by atoms with van der Waals surface area (Å²) in [7, 11) is 0. The Morgan fingerprint density at radius 2 is 2.05 bits per heavy atom. The standard InChI is InChI=1S/C15H24Br2O2/c1-9(2)11-6-14-10(3)4-5-12(14)13(17,8-16)7-15(11,18)19-14/h9-12,18H,4-8H2,1-3H3. The van der Waals surface area contributed by atoms with E-state index in [1.54, 1.807) is 0 Å². The number of aliphatic hydroxyl groups is 1. The van der Waals surface area contributed by atoms with Gasteiger partial charge in [0.05, 0.1) is 5.60 Å². The Kier molecular flexibility index (Phi) is 3.46. The summed E-state index contributed by atoms with van der Waals surface area (Å²) in [6.45, 7) is 6.72. The zero-order chi connectivity index (χ0) is 14.1. The van der Waals surface area contributed by atoms with Crippen molar-refractivity contribution >= 4 is 31.9 Å². The van der Waals surface area contributed by atoms with E-state index in [1.807, 2.05) is 0 Å². The molecule has 4 heteroatoms. The van der Waals surface area contributed by atoms with E-state index >= 15 is 0 Å². The van der Waals surface area contributed by atoms with Crippen LogP contribution in [0.2, 0.25) is 0 Å². The van der Waals surface area contributed by atoms with Crippen molar-refractivity contribution in [3.63, 3.8) is 0 Å². The molecule has 6 atom stereocenters. The van der Waals surface area contributed by atoms with Crippen LogP contribution in [0.4, 0.5) is 0 Å². The summed E-state index contributed by atoms with van der Waals surface area (Å²) in [5, 5.41) is 12.0. The van der Waals surface area contributed by atoms with Crippen LogP contribution in [0, 0.1) is 23.7 Å². The number of alkyl halides is 2. The molecule has 1 N–H and O–H groups in total. The summed E-state index contributed by atoms with van der Waals surface area (Å²) in [5.74, 6) is 0.833. The van der Waals surface area contributed by atoms with Gasteiger partial charge >= 0.3 is 0 Å². The molecule has 1 spiro atoms. The molecule has 1 aliphatic carbocycles. The molecule has 2 bridgehead atoms. The molecule has 2 saturated heterocycles. The van der Waals surface area contributed by atoms with E-state index in [0.29, 0.717) is 24.2 Å². The highest BCUT2D eigenvalue weighted by Crippen LogP contribution is 2.67. The molecule has 2 aliphatic heterocycles. The molecule has 1 saturated carbocycles.